The lowest BCUT2D eigenvalue weighted by Gasteiger charge is -2.16. The molecule has 0 aromatic rings. The first kappa shape index (κ1) is 18.7. The van der Waals surface area contributed by atoms with Gasteiger partial charge in [-0.3, -0.25) is 0 Å². The van der Waals surface area contributed by atoms with Crippen molar-refractivity contribution in [1.29, 1.82) is 0 Å². The Balaban J connectivity index is 3.61. The molecule has 0 spiro atoms. The Morgan fingerprint density at radius 3 is 2.12 bits per heavy atom. The van der Waals surface area contributed by atoms with E-state index in [1.165, 1.54) is 0 Å². The molecule has 0 aliphatic heterocycles. The second-order valence-corrected chi connectivity index (χ2v) is 8.04. The molecular weight excluding hydrogens is 312 g/mol. The van der Waals surface area contributed by atoms with Gasteiger partial charge in [-0.1, -0.05) is 0 Å². The van der Waals surface area contributed by atoms with Gasteiger partial charge in [0, 0.05) is 39.3 Å². The van der Waals surface area contributed by atoms with Gasteiger partial charge in [0.25, 0.3) is 0 Å². The summed E-state index contributed by atoms with van der Waals surface area (Å²) in [5, 5.41) is 18.8. The van der Waals surface area contributed by atoms with Gasteiger partial charge in [-0.05, 0) is 5.75 Å². The number of rotatable bonds is 12. The molecular formula is C10H22O2S5. The van der Waals surface area contributed by atoms with E-state index in [0.29, 0.717) is 10.5 Å². The highest BCUT2D eigenvalue weighted by Crippen LogP contribution is 2.21. The highest BCUT2D eigenvalue weighted by atomic mass is 32.2. The van der Waals surface area contributed by atoms with Gasteiger partial charge < -0.3 is 10.2 Å². The molecule has 0 saturated heterocycles. The van der Waals surface area contributed by atoms with Crippen LogP contribution in [0.25, 0.3) is 0 Å². The van der Waals surface area contributed by atoms with Crippen molar-refractivity contribution in [2.75, 3.05) is 47.7 Å². The molecule has 0 bridgehead atoms. The molecule has 0 radical (unpaired) electrons. The standard InChI is InChI=1S/C10H22O2S5/c11-1-3-16-10(6-14)8-15-7-9(5-12)17-4-2-13/h9-14H,1-8H2. The van der Waals surface area contributed by atoms with Crippen LogP contribution < -0.4 is 0 Å². The molecule has 0 heterocycles. The second-order valence-electron chi connectivity index (χ2n) is 3.34. The highest BCUT2D eigenvalue weighted by molar-refractivity contribution is 8.05. The van der Waals surface area contributed by atoms with E-state index in [-0.39, 0.29) is 13.2 Å². The first-order chi connectivity index (χ1) is 8.28. The fourth-order valence-electron chi connectivity index (χ4n) is 1.08. The topological polar surface area (TPSA) is 40.5 Å². The summed E-state index contributed by atoms with van der Waals surface area (Å²) < 4.78 is 0. The van der Waals surface area contributed by atoms with Gasteiger partial charge in [0.2, 0.25) is 0 Å². The third-order valence-electron chi connectivity index (χ3n) is 1.90. The maximum absolute atomic E-state index is 9.20. The van der Waals surface area contributed by atoms with Crippen LogP contribution in [0.4, 0.5) is 0 Å². The molecule has 0 aliphatic rings. The molecule has 17 heavy (non-hydrogen) atoms. The SMILES string of the molecule is OCCSC(CS)CSCC(CO)SCCS. The molecule has 0 amide bonds. The molecule has 2 nitrogen and oxygen atoms in total. The molecule has 0 rings (SSSR count). The second kappa shape index (κ2) is 14.1. The molecule has 0 aromatic heterocycles. The lowest BCUT2D eigenvalue weighted by atomic mass is 10.5. The first-order valence-electron chi connectivity index (χ1n) is 5.52. The minimum absolute atomic E-state index is 0.233. The van der Waals surface area contributed by atoms with Crippen LogP contribution in [0.1, 0.15) is 0 Å². The lowest BCUT2D eigenvalue weighted by molar-refractivity contribution is 0.301. The van der Waals surface area contributed by atoms with Gasteiger partial charge in [-0.15, -0.1) is 0 Å². The molecule has 2 atom stereocenters. The zero-order valence-corrected chi connectivity index (χ0v) is 14.1. The lowest BCUT2D eigenvalue weighted by Crippen LogP contribution is -2.16. The van der Waals surface area contributed by atoms with Crippen LogP contribution in [0, 0.1) is 0 Å². The maximum Gasteiger partial charge on any atom is 0.0558 e. The monoisotopic (exact) mass is 334 g/mol. The van der Waals surface area contributed by atoms with Crippen LogP contribution in [-0.2, 0) is 0 Å². The quantitative estimate of drug-likeness (QED) is 0.410. The Morgan fingerprint density at radius 2 is 1.59 bits per heavy atom. The van der Waals surface area contributed by atoms with Crippen LogP contribution in [0.3, 0.4) is 0 Å². The average Bonchev–Trinajstić information content (AvgIpc) is 2.37. The van der Waals surface area contributed by atoms with Gasteiger partial charge in [0.1, 0.15) is 0 Å². The van der Waals surface area contributed by atoms with Crippen LogP contribution in [-0.4, -0.2) is 68.4 Å². The number of hydrogen-bond acceptors (Lipinski definition) is 7. The largest absolute Gasteiger partial charge is 0.396 e. The number of aliphatic hydroxyl groups excluding tert-OH is 2. The summed E-state index contributed by atoms with van der Waals surface area (Å²) in [5.74, 6) is 5.47. The van der Waals surface area contributed by atoms with E-state index in [4.69, 9.17) is 5.11 Å². The van der Waals surface area contributed by atoms with E-state index in [2.05, 4.69) is 25.3 Å². The van der Waals surface area contributed by atoms with Gasteiger partial charge in [-0.25, -0.2) is 0 Å². The molecule has 104 valence electrons. The highest BCUT2D eigenvalue weighted by Gasteiger charge is 2.11. The zero-order valence-electron chi connectivity index (χ0n) is 9.83. The Bertz CT molecular complexity index is 146. The van der Waals surface area contributed by atoms with Crippen molar-refractivity contribution in [3.05, 3.63) is 0 Å². The van der Waals surface area contributed by atoms with Crippen molar-refractivity contribution in [3.8, 4) is 0 Å². The third-order valence-corrected chi connectivity index (χ3v) is 7.27. The van der Waals surface area contributed by atoms with Crippen LogP contribution in [0.2, 0.25) is 0 Å². The zero-order chi connectivity index (χ0) is 12.9. The third kappa shape index (κ3) is 11.2. The summed E-state index contributed by atoms with van der Waals surface area (Å²) in [6, 6.07) is 0. The number of thiol groups is 2. The van der Waals surface area contributed by atoms with Crippen LogP contribution in [0.5, 0.6) is 0 Å². The molecule has 7 heteroatoms. The molecule has 0 fully saturated rings. The van der Waals surface area contributed by atoms with E-state index in [1.807, 2.05) is 11.8 Å². The fourth-order valence-corrected chi connectivity index (χ4v) is 5.33. The summed E-state index contributed by atoms with van der Waals surface area (Å²) in [6.45, 7) is 0.470. The van der Waals surface area contributed by atoms with Gasteiger partial charge in [0.05, 0.1) is 13.2 Å². The Hall–Kier alpha value is 1.67. The predicted molar refractivity (Wildman–Crippen MR) is 91.7 cm³/mol. The summed E-state index contributed by atoms with van der Waals surface area (Å²) in [4.78, 5) is 0. The maximum atomic E-state index is 9.20. The molecule has 0 aromatic carbocycles. The summed E-state index contributed by atoms with van der Waals surface area (Å²) in [6.07, 6.45) is 0. The van der Waals surface area contributed by atoms with Crippen LogP contribution in [0.15, 0.2) is 0 Å². The van der Waals surface area contributed by atoms with Crippen LogP contribution >= 0.6 is 60.5 Å². The normalized spacial score (nSPS) is 14.8. The molecule has 2 N–H and O–H groups in total. The Kier molecular flexibility index (Phi) is 15.5. The smallest absolute Gasteiger partial charge is 0.0558 e. The van der Waals surface area contributed by atoms with Crippen molar-refractivity contribution in [1.82, 2.24) is 0 Å². The van der Waals surface area contributed by atoms with Gasteiger partial charge in [-0.2, -0.15) is 60.5 Å². The van der Waals surface area contributed by atoms with Gasteiger partial charge >= 0.3 is 0 Å². The first-order valence-corrected chi connectivity index (χ1v) is 10.0. The van der Waals surface area contributed by atoms with Crippen molar-refractivity contribution >= 4 is 60.5 Å². The van der Waals surface area contributed by atoms with Crippen molar-refractivity contribution in [3.63, 3.8) is 0 Å². The van der Waals surface area contributed by atoms with E-state index in [1.54, 1.807) is 23.5 Å². The van der Waals surface area contributed by atoms with E-state index in [0.717, 1.165) is 34.5 Å². The Morgan fingerprint density at radius 1 is 0.941 bits per heavy atom. The number of thioether (sulfide) groups is 3. The molecule has 0 aliphatic carbocycles. The van der Waals surface area contributed by atoms with Crippen molar-refractivity contribution in [2.24, 2.45) is 0 Å². The van der Waals surface area contributed by atoms with Crippen molar-refractivity contribution < 1.29 is 10.2 Å². The summed E-state index contributed by atoms with van der Waals surface area (Å²) in [7, 11) is 0. The van der Waals surface area contributed by atoms with Crippen molar-refractivity contribution in [2.45, 2.75) is 10.5 Å². The minimum Gasteiger partial charge on any atom is -0.396 e. The summed E-state index contributed by atoms with van der Waals surface area (Å²) in [5.41, 5.74) is 0. The molecule has 2 unspecified atom stereocenters. The van der Waals surface area contributed by atoms with E-state index >= 15 is 0 Å². The van der Waals surface area contributed by atoms with E-state index < -0.39 is 0 Å². The minimum atomic E-state index is 0.233. The number of hydrogen-bond donors (Lipinski definition) is 4. The molecule has 0 saturated carbocycles. The van der Waals surface area contributed by atoms with E-state index in [9.17, 15) is 5.11 Å². The Labute approximate surface area is 128 Å². The van der Waals surface area contributed by atoms with Gasteiger partial charge in [0.15, 0.2) is 0 Å². The summed E-state index contributed by atoms with van der Waals surface area (Å²) >= 11 is 13.9. The predicted octanol–water partition coefficient (Wildman–Crippen LogP) is 1.77. The number of aliphatic hydroxyl groups is 2. The average molecular weight is 335 g/mol. The fraction of sp³-hybridized carbons (Fsp3) is 1.00.